The maximum absolute atomic E-state index is 11.3. The molecule has 2 heterocycles. The molecule has 72 valence electrons. The lowest BCUT2D eigenvalue weighted by Gasteiger charge is -1.88. The standard InChI is InChI=1S/C8H4BrNO3S/c9-4-3-1-2-10-7(11)5(3)14-6(4)8(12)13/h1-2H,(H,10,11)(H,12,13). The molecule has 0 amide bonds. The summed E-state index contributed by atoms with van der Waals surface area (Å²) in [4.78, 5) is 24.7. The molecule has 2 aromatic rings. The molecule has 4 nitrogen and oxygen atoms in total. The molecule has 0 aromatic carbocycles. The van der Waals surface area contributed by atoms with Crippen molar-refractivity contribution < 1.29 is 9.90 Å². The number of H-pyrrole nitrogens is 1. The summed E-state index contributed by atoms with van der Waals surface area (Å²) < 4.78 is 0.896. The van der Waals surface area contributed by atoms with E-state index in [1.54, 1.807) is 6.07 Å². The van der Waals surface area contributed by atoms with Gasteiger partial charge in [-0.15, -0.1) is 11.3 Å². The van der Waals surface area contributed by atoms with Crippen molar-refractivity contribution >= 4 is 43.3 Å². The normalized spacial score (nSPS) is 10.6. The van der Waals surface area contributed by atoms with Gasteiger partial charge in [-0.3, -0.25) is 4.79 Å². The fourth-order valence-electron chi connectivity index (χ4n) is 1.15. The number of rotatable bonds is 1. The zero-order valence-electron chi connectivity index (χ0n) is 6.70. The summed E-state index contributed by atoms with van der Waals surface area (Å²) in [6, 6.07) is 1.67. The van der Waals surface area contributed by atoms with Crippen molar-refractivity contribution in [3.63, 3.8) is 0 Å². The predicted molar refractivity (Wildman–Crippen MR) is 57.1 cm³/mol. The summed E-state index contributed by atoms with van der Waals surface area (Å²) in [5.74, 6) is -1.03. The van der Waals surface area contributed by atoms with Crippen LogP contribution in [-0.4, -0.2) is 16.1 Å². The van der Waals surface area contributed by atoms with Crippen molar-refractivity contribution in [3.8, 4) is 0 Å². The highest BCUT2D eigenvalue weighted by molar-refractivity contribution is 9.10. The van der Waals surface area contributed by atoms with E-state index in [-0.39, 0.29) is 10.4 Å². The van der Waals surface area contributed by atoms with Crippen LogP contribution in [-0.2, 0) is 0 Å². The fourth-order valence-corrected chi connectivity index (χ4v) is 2.94. The van der Waals surface area contributed by atoms with Gasteiger partial charge in [0.2, 0.25) is 0 Å². The second-order valence-electron chi connectivity index (χ2n) is 2.60. The van der Waals surface area contributed by atoms with Crippen molar-refractivity contribution in [1.29, 1.82) is 0 Å². The first-order chi connectivity index (χ1) is 6.61. The highest BCUT2D eigenvalue weighted by atomic mass is 79.9. The maximum atomic E-state index is 11.3. The third kappa shape index (κ3) is 1.27. The Bertz CT molecular complexity index is 571. The number of fused-ring (bicyclic) bond motifs is 1. The number of hydrogen-bond donors (Lipinski definition) is 2. The molecular weight excluding hydrogens is 270 g/mol. The van der Waals surface area contributed by atoms with Crippen molar-refractivity contribution in [2.45, 2.75) is 0 Å². The molecule has 0 spiro atoms. The first-order valence-corrected chi connectivity index (χ1v) is 5.25. The number of hydrogen-bond acceptors (Lipinski definition) is 3. The maximum Gasteiger partial charge on any atom is 0.347 e. The van der Waals surface area contributed by atoms with E-state index < -0.39 is 5.97 Å². The monoisotopic (exact) mass is 273 g/mol. The van der Waals surface area contributed by atoms with Crippen LogP contribution in [0.5, 0.6) is 0 Å². The number of nitrogens with one attached hydrogen (secondary N) is 1. The molecule has 0 radical (unpaired) electrons. The summed E-state index contributed by atoms with van der Waals surface area (Å²) in [6.45, 7) is 0. The number of pyridine rings is 1. The molecule has 0 saturated heterocycles. The molecular formula is C8H4BrNO3S. The number of aromatic nitrogens is 1. The third-order valence-corrected chi connectivity index (χ3v) is 4.03. The summed E-state index contributed by atoms with van der Waals surface area (Å²) >= 11 is 4.13. The number of carboxylic acid groups (broad SMARTS) is 1. The molecule has 0 fully saturated rings. The summed E-state index contributed by atoms with van der Waals surface area (Å²) in [5, 5.41) is 9.46. The Morgan fingerprint density at radius 1 is 1.57 bits per heavy atom. The molecule has 0 saturated carbocycles. The van der Waals surface area contributed by atoms with E-state index in [2.05, 4.69) is 20.9 Å². The van der Waals surface area contributed by atoms with Gasteiger partial charge in [-0.1, -0.05) is 0 Å². The van der Waals surface area contributed by atoms with Gasteiger partial charge in [-0.2, -0.15) is 0 Å². The van der Waals surface area contributed by atoms with Gasteiger partial charge >= 0.3 is 5.97 Å². The third-order valence-electron chi connectivity index (χ3n) is 1.75. The van der Waals surface area contributed by atoms with Gasteiger partial charge in [0.1, 0.15) is 9.58 Å². The number of carbonyl (C=O) groups is 1. The van der Waals surface area contributed by atoms with Gasteiger partial charge in [0.15, 0.2) is 0 Å². The molecule has 0 aliphatic heterocycles. The number of halogens is 1. The quantitative estimate of drug-likeness (QED) is 0.836. The average Bonchev–Trinajstić information content (AvgIpc) is 2.46. The highest BCUT2D eigenvalue weighted by Gasteiger charge is 2.16. The summed E-state index contributed by atoms with van der Waals surface area (Å²) in [7, 11) is 0. The molecule has 0 bridgehead atoms. The van der Waals surface area contributed by atoms with Gasteiger partial charge in [-0.25, -0.2) is 4.79 Å². The largest absolute Gasteiger partial charge is 0.477 e. The topological polar surface area (TPSA) is 70.2 Å². The molecule has 2 aromatic heterocycles. The Balaban J connectivity index is 2.93. The van der Waals surface area contributed by atoms with E-state index in [1.165, 1.54) is 6.20 Å². The highest BCUT2D eigenvalue weighted by Crippen LogP contribution is 2.33. The van der Waals surface area contributed by atoms with Crippen LogP contribution >= 0.6 is 27.3 Å². The van der Waals surface area contributed by atoms with Crippen LogP contribution in [0.3, 0.4) is 0 Å². The molecule has 6 heteroatoms. The van der Waals surface area contributed by atoms with Crippen molar-refractivity contribution in [2.75, 3.05) is 0 Å². The van der Waals surface area contributed by atoms with Crippen LogP contribution in [0, 0.1) is 0 Å². The van der Waals surface area contributed by atoms with Gasteiger partial charge in [-0.05, 0) is 22.0 Å². The molecule has 14 heavy (non-hydrogen) atoms. The van der Waals surface area contributed by atoms with Crippen molar-refractivity contribution in [1.82, 2.24) is 4.98 Å². The van der Waals surface area contributed by atoms with Crippen LogP contribution in [0.4, 0.5) is 0 Å². The van der Waals surface area contributed by atoms with Crippen LogP contribution in [0.1, 0.15) is 9.67 Å². The Morgan fingerprint density at radius 2 is 2.29 bits per heavy atom. The van der Waals surface area contributed by atoms with Crippen molar-refractivity contribution in [2.24, 2.45) is 0 Å². The second kappa shape index (κ2) is 3.21. The van der Waals surface area contributed by atoms with Gasteiger partial charge in [0.05, 0.1) is 4.47 Å². The second-order valence-corrected chi connectivity index (χ2v) is 4.41. The SMILES string of the molecule is O=C(O)c1sc2c(=O)[nH]ccc2c1Br. The zero-order chi connectivity index (χ0) is 10.3. The minimum absolute atomic E-state index is 0.150. The van der Waals surface area contributed by atoms with E-state index in [4.69, 9.17) is 5.11 Å². The van der Waals surface area contributed by atoms with Gasteiger partial charge in [0, 0.05) is 11.6 Å². The number of aromatic carboxylic acids is 1. The summed E-state index contributed by atoms with van der Waals surface area (Å²) in [5.41, 5.74) is -0.263. The Morgan fingerprint density at radius 3 is 2.86 bits per heavy atom. The Hall–Kier alpha value is -1.14. The van der Waals surface area contributed by atoms with Crippen LogP contribution in [0.2, 0.25) is 0 Å². The minimum atomic E-state index is -1.03. The molecule has 0 atom stereocenters. The van der Waals surface area contributed by atoms with Crippen LogP contribution in [0.15, 0.2) is 21.5 Å². The van der Waals surface area contributed by atoms with Gasteiger partial charge in [0.25, 0.3) is 5.56 Å². The van der Waals surface area contributed by atoms with Gasteiger partial charge < -0.3 is 10.1 Å². The minimum Gasteiger partial charge on any atom is -0.477 e. The number of aromatic amines is 1. The van der Waals surface area contributed by atoms with Crippen LogP contribution in [0.25, 0.3) is 10.1 Å². The molecule has 0 aliphatic rings. The van der Waals surface area contributed by atoms with E-state index >= 15 is 0 Å². The lowest BCUT2D eigenvalue weighted by Crippen LogP contribution is -2.01. The Kier molecular flexibility index (Phi) is 2.16. The van der Waals surface area contributed by atoms with Crippen molar-refractivity contribution in [3.05, 3.63) is 32.0 Å². The lowest BCUT2D eigenvalue weighted by atomic mass is 10.3. The fraction of sp³-hybridized carbons (Fsp3) is 0. The first-order valence-electron chi connectivity index (χ1n) is 3.64. The molecule has 2 rings (SSSR count). The van der Waals surface area contributed by atoms with E-state index in [9.17, 15) is 9.59 Å². The average molecular weight is 274 g/mol. The smallest absolute Gasteiger partial charge is 0.347 e. The first kappa shape index (κ1) is 9.42. The van der Waals surface area contributed by atoms with E-state index in [1.807, 2.05) is 0 Å². The zero-order valence-corrected chi connectivity index (χ0v) is 9.11. The lowest BCUT2D eigenvalue weighted by molar-refractivity contribution is 0.0701. The Labute approximate surface area is 90.3 Å². The van der Waals surface area contributed by atoms with E-state index in [0.29, 0.717) is 14.6 Å². The summed E-state index contributed by atoms with van der Waals surface area (Å²) in [6.07, 6.45) is 1.49. The molecule has 0 unspecified atom stereocenters. The number of thiophene rings is 1. The number of carboxylic acids is 1. The van der Waals surface area contributed by atoms with E-state index in [0.717, 1.165) is 11.3 Å². The molecule has 2 N–H and O–H groups in total. The molecule has 0 aliphatic carbocycles. The van der Waals surface area contributed by atoms with Crippen LogP contribution < -0.4 is 5.56 Å². The predicted octanol–water partition coefficient (Wildman–Crippen LogP) is 2.05.